The van der Waals surface area contributed by atoms with Gasteiger partial charge in [0, 0.05) is 18.2 Å². The van der Waals surface area contributed by atoms with Crippen LogP contribution in [0, 0.1) is 6.92 Å². The maximum atomic E-state index is 11.9. The number of hydrogen-bond donors (Lipinski definition) is 3. The van der Waals surface area contributed by atoms with Gasteiger partial charge in [0.25, 0.3) is 5.91 Å². The number of carbonyl (C=O) groups excluding carboxylic acids is 1. The third kappa shape index (κ3) is 2.33. The van der Waals surface area contributed by atoms with Gasteiger partial charge < -0.3 is 15.7 Å². The summed E-state index contributed by atoms with van der Waals surface area (Å²) < 4.78 is 0. The molecule has 1 atom stereocenters. The summed E-state index contributed by atoms with van der Waals surface area (Å²) in [6.45, 7) is 3.61. The zero-order valence-electron chi connectivity index (χ0n) is 9.29. The van der Waals surface area contributed by atoms with Crippen LogP contribution in [0.25, 0.3) is 0 Å². The first-order valence-electron chi connectivity index (χ1n) is 5.48. The standard InChI is InChI=1S/C12H16N2O2/c1-8-6-10(15)2-3-11(8)12(16)14-9-4-5-13-7-9/h2-3,6,9,13,15H,4-5,7H2,1H3,(H,14,16). The van der Waals surface area contributed by atoms with E-state index >= 15 is 0 Å². The van der Waals surface area contributed by atoms with Gasteiger partial charge in [-0.3, -0.25) is 4.79 Å². The van der Waals surface area contributed by atoms with Crippen molar-refractivity contribution in [3.8, 4) is 5.75 Å². The van der Waals surface area contributed by atoms with Crippen molar-refractivity contribution < 1.29 is 9.90 Å². The number of amides is 1. The molecule has 0 saturated carbocycles. The molecular weight excluding hydrogens is 204 g/mol. The molecule has 1 aliphatic heterocycles. The highest BCUT2D eigenvalue weighted by Gasteiger charge is 2.18. The van der Waals surface area contributed by atoms with E-state index in [1.807, 2.05) is 6.92 Å². The molecule has 1 aromatic rings. The van der Waals surface area contributed by atoms with Gasteiger partial charge in [-0.1, -0.05) is 0 Å². The summed E-state index contributed by atoms with van der Waals surface area (Å²) in [5.41, 5.74) is 1.42. The Kier molecular flexibility index (Phi) is 3.10. The SMILES string of the molecule is Cc1cc(O)ccc1C(=O)NC1CCNC1. The van der Waals surface area contributed by atoms with E-state index < -0.39 is 0 Å². The summed E-state index contributed by atoms with van der Waals surface area (Å²) in [6.07, 6.45) is 0.975. The van der Waals surface area contributed by atoms with E-state index in [0.29, 0.717) is 5.56 Å². The zero-order valence-corrected chi connectivity index (χ0v) is 9.29. The minimum atomic E-state index is -0.0637. The first kappa shape index (κ1) is 11.0. The van der Waals surface area contributed by atoms with Crippen molar-refractivity contribution in [3.63, 3.8) is 0 Å². The van der Waals surface area contributed by atoms with Crippen LogP contribution in [0.3, 0.4) is 0 Å². The largest absolute Gasteiger partial charge is 0.508 e. The van der Waals surface area contributed by atoms with E-state index in [0.717, 1.165) is 25.1 Å². The number of aromatic hydroxyl groups is 1. The predicted molar refractivity (Wildman–Crippen MR) is 61.6 cm³/mol. The second kappa shape index (κ2) is 4.53. The van der Waals surface area contributed by atoms with Crippen LogP contribution in [0.1, 0.15) is 22.3 Å². The highest BCUT2D eigenvalue weighted by Crippen LogP contribution is 2.15. The Bertz CT molecular complexity index is 398. The van der Waals surface area contributed by atoms with Crippen LogP contribution in [0.4, 0.5) is 0 Å². The summed E-state index contributed by atoms with van der Waals surface area (Å²) in [4.78, 5) is 11.9. The molecule has 4 nitrogen and oxygen atoms in total. The summed E-state index contributed by atoms with van der Waals surface area (Å²) in [5, 5.41) is 15.4. The van der Waals surface area contributed by atoms with Gasteiger partial charge in [-0.15, -0.1) is 0 Å². The average molecular weight is 220 g/mol. The molecule has 3 N–H and O–H groups in total. The lowest BCUT2D eigenvalue weighted by atomic mass is 10.1. The summed E-state index contributed by atoms with van der Waals surface area (Å²) in [5.74, 6) is 0.128. The van der Waals surface area contributed by atoms with Crippen LogP contribution in [-0.2, 0) is 0 Å². The van der Waals surface area contributed by atoms with Crippen LogP contribution >= 0.6 is 0 Å². The number of hydrogen-bond acceptors (Lipinski definition) is 3. The molecule has 1 unspecified atom stereocenters. The first-order chi connectivity index (χ1) is 7.66. The molecule has 1 fully saturated rings. The fraction of sp³-hybridized carbons (Fsp3) is 0.417. The quantitative estimate of drug-likeness (QED) is 0.690. The van der Waals surface area contributed by atoms with Crippen molar-refractivity contribution in [2.75, 3.05) is 13.1 Å². The Morgan fingerprint density at radius 3 is 3.00 bits per heavy atom. The van der Waals surface area contributed by atoms with E-state index in [9.17, 15) is 9.90 Å². The van der Waals surface area contributed by atoms with Crippen LogP contribution in [0.2, 0.25) is 0 Å². The van der Waals surface area contributed by atoms with E-state index in [1.54, 1.807) is 12.1 Å². The molecule has 1 heterocycles. The highest BCUT2D eigenvalue weighted by molar-refractivity contribution is 5.96. The normalized spacial score (nSPS) is 19.7. The Morgan fingerprint density at radius 1 is 1.56 bits per heavy atom. The minimum Gasteiger partial charge on any atom is -0.508 e. The molecule has 0 bridgehead atoms. The van der Waals surface area contributed by atoms with E-state index in [4.69, 9.17) is 0 Å². The summed E-state index contributed by atoms with van der Waals surface area (Å²) >= 11 is 0. The molecule has 1 amide bonds. The van der Waals surface area contributed by atoms with Crippen molar-refractivity contribution in [2.24, 2.45) is 0 Å². The summed E-state index contributed by atoms with van der Waals surface area (Å²) in [7, 11) is 0. The number of benzene rings is 1. The van der Waals surface area contributed by atoms with Crippen LogP contribution < -0.4 is 10.6 Å². The molecule has 16 heavy (non-hydrogen) atoms. The molecule has 0 aliphatic carbocycles. The Balaban J connectivity index is 2.08. The molecule has 2 rings (SSSR count). The second-order valence-corrected chi connectivity index (χ2v) is 4.16. The predicted octanol–water partition coefficient (Wildman–Crippen LogP) is 0.792. The fourth-order valence-electron chi connectivity index (χ4n) is 1.94. The average Bonchev–Trinajstić information content (AvgIpc) is 2.70. The molecule has 1 aromatic carbocycles. The minimum absolute atomic E-state index is 0.0637. The van der Waals surface area contributed by atoms with Crippen LogP contribution in [0.15, 0.2) is 18.2 Å². The molecule has 4 heteroatoms. The smallest absolute Gasteiger partial charge is 0.251 e. The van der Waals surface area contributed by atoms with E-state index in [2.05, 4.69) is 10.6 Å². The van der Waals surface area contributed by atoms with Gasteiger partial charge in [0.05, 0.1) is 0 Å². The van der Waals surface area contributed by atoms with Gasteiger partial charge in [0.15, 0.2) is 0 Å². The van der Waals surface area contributed by atoms with Gasteiger partial charge in [0.2, 0.25) is 0 Å². The van der Waals surface area contributed by atoms with Gasteiger partial charge in [-0.05, 0) is 43.7 Å². The molecule has 1 saturated heterocycles. The van der Waals surface area contributed by atoms with Gasteiger partial charge >= 0.3 is 0 Å². The zero-order chi connectivity index (χ0) is 11.5. The van der Waals surface area contributed by atoms with Gasteiger partial charge in [0.1, 0.15) is 5.75 Å². The van der Waals surface area contributed by atoms with Gasteiger partial charge in [-0.25, -0.2) is 0 Å². The van der Waals surface area contributed by atoms with Crippen molar-refractivity contribution in [3.05, 3.63) is 29.3 Å². The first-order valence-corrected chi connectivity index (χ1v) is 5.48. The topological polar surface area (TPSA) is 61.4 Å². The van der Waals surface area contributed by atoms with Crippen LogP contribution in [-0.4, -0.2) is 30.1 Å². The lowest BCUT2D eigenvalue weighted by Gasteiger charge is -2.12. The Labute approximate surface area is 94.7 Å². The van der Waals surface area contributed by atoms with Crippen molar-refractivity contribution in [1.29, 1.82) is 0 Å². The third-order valence-corrected chi connectivity index (χ3v) is 2.85. The number of phenols is 1. The molecule has 86 valence electrons. The highest BCUT2D eigenvalue weighted by atomic mass is 16.3. The molecule has 0 radical (unpaired) electrons. The van der Waals surface area contributed by atoms with Crippen molar-refractivity contribution >= 4 is 5.91 Å². The molecule has 0 spiro atoms. The van der Waals surface area contributed by atoms with Crippen molar-refractivity contribution in [2.45, 2.75) is 19.4 Å². The number of rotatable bonds is 2. The van der Waals surface area contributed by atoms with E-state index in [1.165, 1.54) is 6.07 Å². The molecule has 1 aliphatic rings. The number of phenolic OH excluding ortho intramolecular Hbond substituents is 1. The molecular formula is C12H16N2O2. The lowest BCUT2D eigenvalue weighted by molar-refractivity contribution is 0.0939. The maximum absolute atomic E-state index is 11.9. The number of carbonyl (C=O) groups is 1. The Morgan fingerprint density at radius 2 is 2.38 bits per heavy atom. The monoisotopic (exact) mass is 220 g/mol. The van der Waals surface area contributed by atoms with Gasteiger partial charge in [-0.2, -0.15) is 0 Å². The van der Waals surface area contributed by atoms with Crippen LogP contribution in [0.5, 0.6) is 5.75 Å². The fourth-order valence-corrected chi connectivity index (χ4v) is 1.94. The van der Waals surface area contributed by atoms with Crippen molar-refractivity contribution in [1.82, 2.24) is 10.6 Å². The maximum Gasteiger partial charge on any atom is 0.251 e. The Hall–Kier alpha value is -1.55. The molecule has 0 aromatic heterocycles. The summed E-state index contributed by atoms with van der Waals surface area (Å²) in [6, 6.07) is 5.01. The van der Waals surface area contributed by atoms with E-state index in [-0.39, 0.29) is 17.7 Å². The number of aryl methyl sites for hydroxylation is 1. The lowest BCUT2D eigenvalue weighted by Crippen LogP contribution is -2.36. The number of nitrogens with one attached hydrogen (secondary N) is 2. The third-order valence-electron chi connectivity index (χ3n) is 2.85. The second-order valence-electron chi connectivity index (χ2n) is 4.16.